The average Bonchev–Trinajstić information content (AvgIpc) is 2.82. The predicted molar refractivity (Wildman–Crippen MR) is 66.6 cm³/mol. The van der Waals surface area contributed by atoms with Gasteiger partial charge in [-0.05, 0) is 24.3 Å². The highest BCUT2D eigenvalue weighted by Crippen LogP contribution is 2.21. The van der Waals surface area contributed by atoms with E-state index >= 15 is 0 Å². The first-order chi connectivity index (χ1) is 8.75. The standard InChI is InChI=1S/C13H8N3O2/c17-16(18)12-3-1-11(2-4-12)15-8-6-10-9-14-7-5-13(10)15/h1-8H. The third-order valence-corrected chi connectivity index (χ3v) is 2.76. The lowest BCUT2D eigenvalue weighted by Crippen LogP contribution is -1.93. The molecular weight excluding hydrogens is 230 g/mol. The first kappa shape index (κ1) is 10.5. The van der Waals surface area contributed by atoms with Gasteiger partial charge in [0.15, 0.2) is 0 Å². The number of pyridine rings is 1. The molecule has 3 rings (SSSR count). The van der Waals surface area contributed by atoms with Gasteiger partial charge in [-0.25, -0.2) is 0 Å². The molecule has 0 N–H and O–H groups in total. The number of fused-ring (bicyclic) bond motifs is 1. The van der Waals surface area contributed by atoms with Crippen molar-refractivity contribution in [1.82, 2.24) is 9.55 Å². The Bertz CT molecular complexity index is 716. The third kappa shape index (κ3) is 1.62. The van der Waals surface area contributed by atoms with E-state index in [4.69, 9.17) is 0 Å². The third-order valence-electron chi connectivity index (χ3n) is 2.76. The molecule has 0 saturated carbocycles. The normalized spacial score (nSPS) is 10.7. The Morgan fingerprint density at radius 3 is 2.67 bits per heavy atom. The molecule has 0 atom stereocenters. The van der Waals surface area contributed by atoms with E-state index in [2.05, 4.69) is 11.2 Å². The van der Waals surface area contributed by atoms with Crippen LogP contribution >= 0.6 is 0 Å². The van der Waals surface area contributed by atoms with Crippen molar-refractivity contribution in [2.75, 3.05) is 0 Å². The van der Waals surface area contributed by atoms with Gasteiger partial charge in [0.05, 0.1) is 16.6 Å². The highest BCUT2D eigenvalue weighted by molar-refractivity contribution is 5.80. The van der Waals surface area contributed by atoms with Crippen LogP contribution in [0, 0.1) is 16.3 Å². The summed E-state index contributed by atoms with van der Waals surface area (Å²) in [7, 11) is 0. The van der Waals surface area contributed by atoms with Crippen LogP contribution in [0.4, 0.5) is 5.69 Å². The maximum absolute atomic E-state index is 10.6. The molecule has 2 heterocycles. The van der Waals surface area contributed by atoms with E-state index < -0.39 is 4.92 Å². The topological polar surface area (TPSA) is 61.0 Å². The number of hydrogen-bond acceptors (Lipinski definition) is 3. The van der Waals surface area contributed by atoms with Crippen molar-refractivity contribution in [3.8, 4) is 5.69 Å². The Hall–Kier alpha value is -2.69. The average molecular weight is 238 g/mol. The Balaban J connectivity index is 2.12. The van der Waals surface area contributed by atoms with Gasteiger partial charge in [-0.3, -0.25) is 15.1 Å². The van der Waals surface area contributed by atoms with Crippen molar-refractivity contribution in [3.05, 3.63) is 65.1 Å². The Morgan fingerprint density at radius 2 is 1.94 bits per heavy atom. The van der Waals surface area contributed by atoms with Crippen molar-refractivity contribution >= 4 is 16.6 Å². The van der Waals surface area contributed by atoms with Crippen molar-refractivity contribution in [2.24, 2.45) is 0 Å². The van der Waals surface area contributed by atoms with Crippen LogP contribution in [0.15, 0.2) is 48.8 Å². The maximum Gasteiger partial charge on any atom is 0.269 e. The van der Waals surface area contributed by atoms with E-state index in [0.29, 0.717) is 0 Å². The Kier molecular flexibility index (Phi) is 2.30. The van der Waals surface area contributed by atoms with E-state index in [1.54, 1.807) is 18.3 Å². The van der Waals surface area contributed by atoms with Gasteiger partial charge in [0.2, 0.25) is 0 Å². The molecule has 0 fully saturated rings. The number of benzene rings is 1. The summed E-state index contributed by atoms with van der Waals surface area (Å²) < 4.78 is 1.94. The lowest BCUT2D eigenvalue weighted by Gasteiger charge is -2.04. The Labute approximate surface area is 102 Å². The van der Waals surface area contributed by atoms with E-state index in [1.807, 2.05) is 22.9 Å². The number of nitro groups is 1. The van der Waals surface area contributed by atoms with Gasteiger partial charge >= 0.3 is 0 Å². The number of hydrogen-bond donors (Lipinski definition) is 0. The van der Waals surface area contributed by atoms with Crippen LogP contribution in [-0.2, 0) is 0 Å². The summed E-state index contributed by atoms with van der Waals surface area (Å²) in [6.07, 6.45) is 6.46. The predicted octanol–water partition coefficient (Wildman–Crippen LogP) is 2.73. The fraction of sp³-hybridized carbons (Fsp3) is 0. The lowest BCUT2D eigenvalue weighted by molar-refractivity contribution is -0.384. The highest BCUT2D eigenvalue weighted by Gasteiger charge is 2.06. The number of nitro benzene ring substituents is 1. The quantitative estimate of drug-likeness (QED) is 0.509. The lowest BCUT2D eigenvalue weighted by atomic mass is 10.2. The number of non-ortho nitro benzene ring substituents is 1. The van der Waals surface area contributed by atoms with E-state index in [-0.39, 0.29) is 5.69 Å². The monoisotopic (exact) mass is 238 g/mol. The number of aromatic nitrogens is 2. The van der Waals surface area contributed by atoms with Crippen molar-refractivity contribution in [3.63, 3.8) is 0 Å². The largest absolute Gasteiger partial charge is 0.316 e. The highest BCUT2D eigenvalue weighted by atomic mass is 16.6. The molecular formula is C13H8N3O2. The van der Waals surface area contributed by atoms with Crippen molar-refractivity contribution in [2.45, 2.75) is 0 Å². The second-order valence-corrected chi connectivity index (χ2v) is 3.81. The van der Waals surface area contributed by atoms with Crippen LogP contribution in [0.25, 0.3) is 16.6 Å². The zero-order valence-corrected chi connectivity index (χ0v) is 9.28. The van der Waals surface area contributed by atoms with Crippen LogP contribution in [0.1, 0.15) is 0 Å². The first-order valence-electron chi connectivity index (χ1n) is 5.34. The minimum absolute atomic E-state index is 0.0865. The van der Waals surface area contributed by atoms with Gasteiger partial charge in [0, 0.05) is 35.6 Å². The molecule has 5 nitrogen and oxygen atoms in total. The summed E-state index contributed by atoms with van der Waals surface area (Å²) in [4.78, 5) is 14.1. The smallest absolute Gasteiger partial charge is 0.269 e. The van der Waals surface area contributed by atoms with Crippen molar-refractivity contribution < 1.29 is 4.92 Å². The molecule has 0 amide bonds. The van der Waals surface area contributed by atoms with Crippen LogP contribution in [0.2, 0.25) is 0 Å². The van der Waals surface area contributed by atoms with Gasteiger partial charge in [-0.1, -0.05) is 0 Å². The molecule has 18 heavy (non-hydrogen) atoms. The summed E-state index contributed by atoms with van der Waals surface area (Å²) in [6, 6.07) is 10.2. The van der Waals surface area contributed by atoms with E-state index in [1.165, 1.54) is 12.1 Å². The molecule has 5 heteroatoms. The summed E-state index contributed by atoms with van der Waals surface area (Å²) in [5.41, 5.74) is 1.93. The van der Waals surface area contributed by atoms with E-state index in [0.717, 1.165) is 16.6 Å². The van der Waals surface area contributed by atoms with Gasteiger partial charge in [-0.15, -0.1) is 0 Å². The molecule has 0 saturated heterocycles. The molecule has 2 aromatic heterocycles. The molecule has 87 valence electrons. The van der Waals surface area contributed by atoms with Crippen LogP contribution in [0.3, 0.4) is 0 Å². The molecule has 1 aromatic carbocycles. The summed E-state index contributed by atoms with van der Waals surface area (Å²) in [5.74, 6) is 0. The van der Waals surface area contributed by atoms with Gasteiger partial charge in [0.1, 0.15) is 0 Å². The number of nitrogens with zero attached hydrogens (tertiary/aromatic N) is 3. The summed E-state index contributed by atoms with van der Waals surface area (Å²) in [5, 5.41) is 11.5. The van der Waals surface area contributed by atoms with E-state index in [9.17, 15) is 10.1 Å². The molecule has 3 aromatic rings. The fourth-order valence-electron chi connectivity index (χ4n) is 1.88. The first-order valence-corrected chi connectivity index (χ1v) is 5.34. The van der Waals surface area contributed by atoms with Gasteiger partial charge in [-0.2, -0.15) is 0 Å². The zero-order valence-electron chi connectivity index (χ0n) is 9.28. The molecule has 1 radical (unpaired) electrons. The van der Waals surface area contributed by atoms with Crippen LogP contribution in [0.5, 0.6) is 0 Å². The summed E-state index contributed by atoms with van der Waals surface area (Å²) >= 11 is 0. The molecule has 0 spiro atoms. The van der Waals surface area contributed by atoms with Crippen molar-refractivity contribution in [1.29, 1.82) is 0 Å². The summed E-state index contributed by atoms with van der Waals surface area (Å²) in [6.45, 7) is 0. The Morgan fingerprint density at radius 1 is 1.17 bits per heavy atom. The fourth-order valence-corrected chi connectivity index (χ4v) is 1.88. The van der Waals surface area contributed by atoms with Gasteiger partial charge < -0.3 is 4.57 Å². The second kappa shape index (κ2) is 3.96. The maximum atomic E-state index is 10.6. The molecule has 0 aliphatic carbocycles. The zero-order chi connectivity index (χ0) is 12.5. The molecule has 0 aliphatic heterocycles. The minimum atomic E-state index is -0.407. The molecule has 0 aliphatic rings. The van der Waals surface area contributed by atoms with Gasteiger partial charge in [0.25, 0.3) is 5.69 Å². The molecule has 0 bridgehead atoms. The van der Waals surface area contributed by atoms with Crippen LogP contribution < -0.4 is 0 Å². The SMILES string of the molecule is O=[N+]([O-])c1ccc(-n2ccc3[c]nccc32)cc1. The number of rotatable bonds is 2. The minimum Gasteiger partial charge on any atom is -0.316 e. The van der Waals surface area contributed by atoms with Crippen LogP contribution in [-0.4, -0.2) is 14.5 Å². The molecule has 0 unspecified atom stereocenters. The second-order valence-electron chi connectivity index (χ2n) is 3.81.